The van der Waals surface area contributed by atoms with Crippen molar-refractivity contribution in [1.82, 2.24) is 9.97 Å². The van der Waals surface area contributed by atoms with Crippen LogP contribution in [0, 0.1) is 5.82 Å². The predicted molar refractivity (Wildman–Crippen MR) is 118 cm³/mol. The molecule has 0 saturated carbocycles. The number of anilines is 2. The van der Waals surface area contributed by atoms with Crippen molar-refractivity contribution in [3.8, 4) is 16.9 Å². The topological polar surface area (TPSA) is 93.4 Å². The maximum atomic E-state index is 13.9. The highest BCUT2D eigenvalue weighted by Gasteiger charge is 2.31. The van der Waals surface area contributed by atoms with Crippen LogP contribution in [-0.4, -0.2) is 41.4 Å². The minimum atomic E-state index is -4.81. The molecule has 4 rings (SSSR count). The quantitative estimate of drug-likeness (QED) is 0.533. The summed E-state index contributed by atoms with van der Waals surface area (Å²) in [6.45, 7) is 1.29. The maximum absolute atomic E-state index is 13.9. The average Bonchev–Trinajstić information content (AvgIpc) is 2.79. The van der Waals surface area contributed by atoms with Gasteiger partial charge in [-0.15, -0.1) is 13.2 Å². The Labute approximate surface area is 192 Å². The van der Waals surface area contributed by atoms with Crippen LogP contribution < -0.4 is 20.7 Å². The van der Waals surface area contributed by atoms with Crippen molar-refractivity contribution >= 4 is 17.4 Å². The van der Waals surface area contributed by atoms with Crippen LogP contribution in [0.5, 0.6) is 5.75 Å². The van der Waals surface area contributed by atoms with E-state index in [-0.39, 0.29) is 17.3 Å². The number of carbonyl (C=O) groups excluding carboxylic acids is 1. The van der Waals surface area contributed by atoms with E-state index in [0.29, 0.717) is 30.0 Å². The second-order valence-corrected chi connectivity index (χ2v) is 7.86. The fourth-order valence-corrected chi connectivity index (χ4v) is 3.75. The smallest absolute Gasteiger partial charge is 0.406 e. The first-order valence-electron chi connectivity index (χ1n) is 10.5. The summed E-state index contributed by atoms with van der Waals surface area (Å²) in [5.74, 6) is -0.913. The number of alkyl halides is 3. The highest BCUT2D eigenvalue weighted by atomic mass is 19.4. The van der Waals surface area contributed by atoms with E-state index in [4.69, 9.17) is 5.73 Å². The number of rotatable bonds is 5. The van der Waals surface area contributed by atoms with Crippen molar-refractivity contribution in [2.45, 2.75) is 25.2 Å². The van der Waals surface area contributed by atoms with Crippen LogP contribution in [0.25, 0.3) is 11.1 Å². The molecule has 3 N–H and O–H groups in total. The van der Waals surface area contributed by atoms with E-state index in [1.165, 1.54) is 30.6 Å². The van der Waals surface area contributed by atoms with Gasteiger partial charge in [0, 0.05) is 48.3 Å². The van der Waals surface area contributed by atoms with Crippen LogP contribution in [0.2, 0.25) is 0 Å². The summed E-state index contributed by atoms with van der Waals surface area (Å²) in [6, 6.07) is 7.61. The number of nitrogens with one attached hydrogen (secondary N) is 1. The Morgan fingerprint density at radius 1 is 1.15 bits per heavy atom. The third kappa shape index (κ3) is 5.79. The fraction of sp³-hybridized carbons (Fsp3) is 0.261. The van der Waals surface area contributed by atoms with Crippen LogP contribution in [0.1, 0.15) is 23.2 Å². The summed E-state index contributed by atoms with van der Waals surface area (Å²) in [5, 5.41) is 2.61. The molecule has 1 aliphatic rings. The molecule has 0 unspecified atom stereocenters. The van der Waals surface area contributed by atoms with E-state index in [2.05, 4.69) is 20.0 Å². The van der Waals surface area contributed by atoms with Crippen LogP contribution >= 0.6 is 0 Å². The lowest BCUT2D eigenvalue weighted by Gasteiger charge is -2.33. The van der Waals surface area contributed by atoms with Gasteiger partial charge in [-0.05, 0) is 49.2 Å². The molecular weight excluding hydrogens is 454 g/mol. The Morgan fingerprint density at radius 3 is 2.59 bits per heavy atom. The Balaban J connectivity index is 1.60. The van der Waals surface area contributed by atoms with Crippen molar-refractivity contribution in [3.05, 3.63) is 66.4 Å². The molecule has 1 aliphatic heterocycles. The molecule has 3 aromatic rings. The molecule has 0 radical (unpaired) electrons. The van der Waals surface area contributed by atoms with E-state index < -0.39 is 23.8 Å². The molecule has 1 saturated heterocycles. The Kier molecular flexibility index (Phi) is 6.64. The fourth-order valence-electron chi connectivity index (χ4n) is 3.75. The molecule has 2 aromatic heterocycles. The lowest BCUT2D eigenvalue weighted by atomic mass is 10.0. The van der Waals surface area contributed by atoms with Gasteiger partial charge in [-0.25, -0.2) is 9.37 Å². The van der Waals surface area contributed by atoms with Crippen molar-refractivity contribution < 1.29 is 27.1 Å². The second kappa shape index (κ2) is 9.64. The largest absolute Gasteiger partial charge is 0.573 e. The molecule has 1 fully saturated rings. The molecular formula is C23H21F4N5O2. The summed E-state index contributed by atoms with van der Waals surface area (Å²) < 4.78 is 54.7. The van der Waals surface area contributed by atoms with Crippen molar-refractivity contribution in [2.24, 2.45) is 5.73 Å². The van der Waals surface area contributed by atoms with Gasteiger partial charge in [-0.1, -0.05) is 0 Å². The van der Waals surface area contributed by atoms with Gasteiger partial charge >= 0.3 is 6.36 Å². The minimum absolute atomic E-state index is 0.0266. The number of benzene rings is 1. The third-order valence-corrected chi connectivity index (χ3v) is 5.25. The van der Waals surface area contributed by atoms with E-state index >= 15 is 0 Å². The number of halogens is 4. The number of nitrogens with zero attached hydrogens (tertiary/aromatic N) is 3. The number of piperidine rings is 1. The summed E-state index contributed by atoms with van der Waals surface area (Å²) >= 11 is 0. The number of carbonyl (C=O) groups is 1. The first-order valence-corrected chi connectivity index (χ1v) is 10.5. The van der Waals surface area contributed by atoms with Crippen LogP contribution in [0.3, 0.4) is 0 Å². The first kappa shape index (κ1) is 23.4. The van der Waals surface area contributed by atoms with E-state index in [9.17, 15) is 22.4 Å². The highest BCUT2D eigenvalue weighted by molar-refractivity contribution is 6.05. The van der Waals surface area contributed by atoms with Crippen molar-refractivity contribution in [3.63, 3.8) is 0 Å². The normalized spacial score (nSPS) is 16.3. The van der Waals surface area contributed by atoms with E-state index in [1.54, 1.807) is 6.07 Å². The van der Waals surface area contributed by atoms with Gasteiger partial charge in [-0.2, -0.15) is 0 Å². The molecule has 7 nitrogen and oxygen atoms in total. The van der Waals surface area contributed by atoms with Gasteiger partial charge < -0.3 is 20.7 Å². The monoisotopic (exact) mass is 475 g/mol. The van der Waals surface area contributed by atoms with E-state index in [0.717, 1.165) is 31.2 Å². The van der Waals surface area contributed by atoms with Crippen molar-refractivity contribution in [2.75, 3.05) is 23.3 Å². The van der Waals surface area contributed by atoms with Gasteiger partial charge in [0.15, 0.2) is 0 Å². The summed E-state index contributed by atoms with van der Waals surface area (Å²) in [4.78, 5) is 23.2. The zero-order valence-corrected chi connectivity index (χ0v) is 17.8. The molecule has 3 heterocycles. The van der Waals surface area contributed by atoms with Crippen LogP contribution in [0.15, 0.2) is 55.0 Å². The first-order chi connectivity index (χ1) is 16.2. The number of nitrogens with two attached hydrogens (primary N) is 1. The highest BCUT2D eigenvalue weighted by Crippen LogP contribution is 2.32. The summed E-state index contributed by atoms with van der Waals surface area (Å²) in [6.07, 6.45) is 0.909. The summed E-state index contributed by atoms with van der Waals surface area (Å²) in [7, 11) is 0. The number of amides is 1. The van der Waals surface area contributed by atoms with Gasteiger partial charge in [0.1, 0.15) is 17.4 Å². The second-order valence-electron chi connectivity index (χ2n) is 7.86. The number of pyridine rings is 2. The lowest BCUT2D eigenvalue weighted by molar-refractivity contribution is -0.274. The number of hydrogen-bond donors (Lipinski definition) is 2. The zero-order chi connectivity index (χ0) is 24.3. The standard InChI is InChI=1S/C23H21F4N5O2/c24-16-8-14(10-29-12-16)20-9-15(11-30-21(20)32-7-1-2-17(28)13-32)22(33)31-18-3-5-19(6-4-18)34-23(25,26)27/h3-6,8-12,17H,1-2,7,13,28H2,(H,31,33)/t17-/m1/s1. The van der Waals surface area contributed by atoms with Gasteiger partial charge in [0.25, 0.3) is 5.91 Å². The average molecular weight is 475 g/mol. The molecule has 178 valence electrons. The molecule has 1 amide bonds. The number of hydrogen-bond acceptors (Lipinski definition) is 6. The van der Waals surface area contributed by atoms with Gasteiger partial charge in [0.05, 0.1) is 11.8 Å². The summed E-state index contributed by atoms with van der Waals surface area (Å²) in [5.41, 5.74) is 7.52. The molecule has 0 spiro atoms. The molecule has 34 heavy (non-hydrogen) atoms. The number of aromatic nitrogens is 2. The Bertz CT molecular complexity index is 1170. The van der Waals surface area contributed by atoms with Crippen molar-refractivity contribution in [1.29, 1.82) is 0 Å². The SMILES string of the molecule is N[C@@H]1CCCN(c2ncc(C(=O)Nc3ccc(OC(F)(F)F)cc3)cc2-c2cncc(F)c2)C1. The minimum Gasteiger partial charge on any atom is -0.406 e. The van der Waals surface area contributed by atoms with Crippen LogP contribution in [0.4, 0.5) is 29.1 Å². The predicted octanol–water partition coefficient (Wildman–Crippen LogP) is 4.36. The van der Waals surface area contributed by atoms with E-state index in [1.807, 2.05) is 4.90 Å². The number of ether oxygens (including phenoxy) is 1. The molecule has 0 bridgehead atoms. The lowest BCUT2D eigenvalue weighted by Crippen LogP contribution is -2.43. The van der Waals surface area contributed by atoms with Gasteiger partial charge in [-0.3, -0.25) is 9.78 Å². The molecule has 1 aromatic carbocycles. The molecule has 0 aliphatic carbocycles. The van der Waals surface area contributed by atoms with Crippen LogP contribution in [-0.2, 0) is 0 Å². The zero-order valence-electron chi connectivity index (χ0n) is 17.8. The maximum Gasteiger partial charge on any atom is 0.573 e. The molecule has 1 atom stereocenters. The third-order valence-electron chi connectivity index (χ3n) is 5.25. The Morgan fingerprint density at radius 2 is 1.91 bits per heavy atom. The van der Waals surface area contributed by atoms with Gasteiger partial charge in [0.2, 0.25) is 0 Å². The molecule has 11 heteroatoms. The Hall–Kier alpha value is -3.73.